The topological polar surface area (TPSA) is 35.5 Å². The van der Waals surface area contributed by atoms with E-state index in [2.05, 4.69) is 0 Å². The molecule has 0 aliphatic heterocycles. The van der Waals surface area contributed by atoms with Crippen LogP contribution in [-0.4, -0.2) is 25.3 Å². The summed E-state index contributed by atoms with van der Waals surface area (Å²) in [5, 5.41) is 0. The van der Waals surface area contributed by atoms with E-state index >= 15 is 0 Å². The van der Waals surface area contributed by atoms with E-state index in [1.54, 1.807) is 20.1 Å². The second-order valence-electron chi connectivity index (χ2n) is 2.89. The fraction of sp³-hybridized carbons (Fsp3) is 0.667. The van der Waals surface area contributed by atoms with Crippen molar-refractivity contribution in [3.63, 3.8) is 0 Å². The molecule has 0 aromatic rings. The molecule has 0 aliphatic rings. The molecule has 70 valence electrons. The average molecular weight is 172 g/mol. The molecule has 3 nitrogen and oxygen atoms in total. The molecule has 0 rings (SSSR count). The molecule has 0 saturated carbocycles. The summed E-state index contributed by atoms with van der Waals surface area (Å²) in [6.45, 7) is 5.90. The van der Waals surface area contributed by atoms with Crippen molar-refractivity contribution in [3.05, 3.63) is 12.2 Å². The Morgan fingerprint density at radius 3 is 2.50 bits per heavy atom. The molecule has 0 aliphatic carbocycles. The molecule has 0 fully saturated rings. The van der Waals surface area contributed by atoms with Gasteiger partial charge in [0.25, 0.3) is 0 Å². The number of hydrogen-bond donors (Lipinski definition) is 0. The van der Waals surface area contributed by atoms with Gasteiger partial charge in [-0.1, -0.05) is 0 Å². The van der Waals surface area contributed by atoms with Crippen LogP contribution in [0.3, 0.4) is 0 Å². The predicted molar refractivity (Wildman–Crippen MR) is 46.9 cm³/mol. The SMILES string of the molecule is CCOC(=O)/C=C/C(C)(C)OC. The third-order valence-corrected chi connectivity index (χ3v) is 1.43. The molecular weight excluding hydrogens is 156 g/mol. The predicted octanol–water partition coefficient (Wildman–Crippen LogP) is 1.53. The zero-order chi connectivity index (χ0) is 9.61. The van der Waals surface area contributed by atoms with E-state index in [-0.39, 0.29) is 5.97 Å². The van der Waals surface area contributed by atoms with E-state index in [1.165, 1.54) is 6.08 Å². The lowest BCUT2D eigenvalue weighted by molar-refractivity contribution is -0.137. The van der Waals surface area contributed by atoms with Crippen molar-refractivity contribution in [2.45, 2.75) is 26.4 Å². The van der Waals surface area contributed by atoms with Gasteiger partial charge in [0.15, 0.2) is 0 Å². The Labute approximate surface area is 73.4 Å². The van der Waals surface area contributed by atoms with Crippen LogP contribution in [0.1, 0.15) is 20.8 Å². The van der Waals surface area contributed by atoms with Crippen molar-refractivity contribution >= 4 is 5.97 Å². The molecule has 0 N–H and O–H groups in total. The summed E-state index contributed by atoms with van der Waals surface area (Å²) in [5.74, 6) is -0.331. The summed E-state index contributed by atoms with van der Waals surface area (Å²) in [6, 6.07) is 0. The summed E-state index contributed by atoms with van der Waals surface area (Å²) in [7, 11) is 1.59. The summed E-state index contributed by atoms with van der Waals surface area (Å²) in [5.41, 5.74) is -0.410. The van der Waals surface area contributed by atoms with E-state index in [0.29, 0.717) is 6.61 Å². The van der Waals surface area contributed by atoms with E-state index < -0.39 is 5.60 Å². The molecule has 0 radical (unpaired) electrons. The Bertz CT molecular complexity index is 171. The fourth-order valence-corrected chi connectivity index (χ4v) is 0.527. The fourth-order valence-electron chi connectivity index (χ4n) is 0.527. The Morgan fingerprint density at radius 1 is 1.50 bits per heavy atom. The molecule has 0 aromatic heterocycles. The highest BCUT2D eigenvalue weighted by molar-refractivity contribution is 5.82. The third-order valence-electron chi connectivity index (χ3n) is 1.43. The van der Waals surface area contributed by atoms with Crippen molar-refractivity contribution in [2.75, 3.05) is 13.7 Å². The zero-order valence-electron chi connectivity index (χ0n) is 8.09. The minimum atomic E-state index is -0.410. The monoisotopic (exact) mass is 172 g/mol. The van der Waals surface area contributed by atoms with E-state index in [4.69, 9.17) is 9.47 Å². The van der Waals surface area contributed by atoms with Crippen molar-refractivity contribution in [1.82, 2.24) is 0 Å². The van der Waals surface area contributed by atoms with Crippen LogP contribution in [0.25, 0.3) is 0 Å². The molecule has 0 bridgehead atoms. The number of ether oxygens (including phenoxy) is 2. The molecule has 0 aromatic carbocycles. The number of hydrogen-bond acceptors (Lipinski definition) is 3. The molecule has 0 atom stereocenters. The highest BCUT2D eigenvalue weighted by Crippen LogP contribution is 2.08. The van der Waals surface area contributed by atoms with Gasteiger partial charge < -0.3 is 9.47 Å². The second kappa shape index (κ2) is 4.93. The minimum absolute atomic E-state index is 0.331. The van der Waals surface area contributed by atoms with Gasteiger partial charge in [-0.2, -0.15) is 0 Å². The van der Waals surface area contributed by atoms with Gasteiger partial charge >= 0.3 is 5.97 Å². The first kappa shape index (κ1) is 11.2. The van der Waals surface area contributed by atoms with Gasteiger partial charge in [0.2, 0.25) is 0 Å². The number of carbonyl (C=O) groups is 1. The molecule has 0 amide bonds. The second-order valence-corrected chi connectivity index (χ2v) is 2.89. The van der Waals surface area contributed by atoms with Crippen LogP contribution >= 0.6 is 0 Å². The smallest absolute Gasteiger partial charge is 0.330 e. The minimum Gasteiger partial charge on any atom is -0.463 e. The Balaban J connectivity index is 3.97. The normalized spacial score (nSPS) is 12.0. The van der Waals surface area contributed by atoms with Gasteiger partial charge in [-0.05, 0) is 26.8 Å². The summed E-state index contributed by atoms with van der Waals surface area (Å²) < 4.78 is 9.77. The number of carbonyl (C=O) groups excluding carboxylic acids is 1. The maximum atomic E-state index is 10.8. The lowest BCUT2D eigenvalue weighted by Crippen LogP contribution is -2.19. The lowest BCUT2D eigenvalue weighted by Gasteiger charge is -2.17. The van der Waals surface area contributed by atoms with E-state index in [1.807, 2.05) is 13.8 Å². The highest BCUT2D eigenvalue weighted by atomic mass is 16.5. The molecule has 3 heteroatoms. The van der Waals surface area contributed by atoms with Gasteiger partial charge in [-0.15, -0.1) is 0 Å². The van der Waals surface area contributed by atoms with Crippen LogP contribution in [0.5, 0.6) is 0 Å². The molecule has 0 spiro atoms. The largest absolute Gasteiger partial charge is 0.463 e. The number of esters is 1. The first-order valence-electron chi connectivity index (χ1n) is 3.93. The summed E-state index contributed by atoms with van der Waals surface area (Å²) in [6.07, 6.45) is 3.05. The van der Waals surface area contributed by atoms with Crippen LogP contribution in [-0.2, 0) is 14.3 Å². The third kappa shape index (κ3) is 4.91. The molecule has 12 heavy (non-hydrogen) atoms. The van der Waals surface area contributed by atoms with Crippen LogP contribution in [0.4, 0.5) is 0 Å². The average Bonchev–Trinajstić information content (AvgIpc) is 2.02. The van der Waals surface area contributed by atoms with E-state index in [0.717, 1.165) is 0 Å². The first-order chi connectivity index (χ1) is 5.52. The molecule has 0 unspecified atom stereocenters. The maximum absolute atomic E-state index is 10.8. The van der Waals surface area contributed by atoms with Crippen LogP contribution in [0, 0.1) is 0 Å². The van der Waals surface area contributed by atoms with Gasteiger partial charge in [0.1, 0.15) is 0 Å². The van der Waals surface area contributed by atoms with Crippen molar-refractivity contribution in [3.8, 4) is 0 Å². The molecule has 0 saturated heterocycles. The van der Waals surface area contributed by atoms with Crippen molar-refractivity contribution < 1.29 is 14.3 Å². The number of methoxy groups -OCH3 is 1. The quantitative estimate of drug-likeness (QED) is 0.476. The van der Waals surface area contributed by atoms with Gasteiger partial charge in [-0.25, -0.2) is 4.79 Å². The molecule has 0 heterocycles. The van der Waals surface area contributed by atoms with Crippen LogP contribution in [0.15, 0.2) is 12.2 Å². The van der Waals surface area contributed by atoms with Crippen molar-refractivity contribution in [2.24, 2.45) is 0 Å². The first-order valence-corrected chi connectivity index (χ1v) is 3.93. The lowest BCUT2D eigenvalue weighted by atomic mass is 10.1. The van der Waals surface area contributed by atoms with Gasteiger partial charge in [0, 0.05) is 13.2 Å². The molecular formula is C9H16O3. The van der Waals surface area contributed by atoms with E-state index in [9.17, 15) is 4.79 Å². The summed E-state index contributed by atoms with van der Waals surface area (Å²) in [4.78, 5) is 10.8. The zero-order valence-corrected chi connectivity index (χ0v) is 8.09. The Morgan fingerprint density at radius 2 is 2.08 bits per heavy atom. The summed E-state index contributed by atoms with van der Waals surface area (Å²) >= 11 is 0. The Hall–Kier alpha value is -0.830. The number of rotatable bonds is 4. The maximum Gasteiger partial charge on any atom is 0.330 e. The Kier molecular flexibility index (Phi) is 4.59. The van der Waals surface area contributed by atoms with Gasteiger partial charge in [0.05, 0.1) is 12.2 Å². The highest BCUT2D eigenvalue weighted by Gasteiger charge is 2.11. The standard InChI is InChI=1S/C9H16O3/c1-5-12-8(10)6-7-9(2,3)11-4/h6-7H,5H2,1-4H3/b7-6+. The van der Waals surface area contributed by atoms with Crippen LogP contribution < -0.4 is 0 Å². The van der Waals surface area contributed by atoms with Crippen LogP contribution in [0.2, 0.25) is 0 Å². The van der Waals surface area contributed by atoms with Crippen molar-refractivity contribution in [1.29, 1.82) is 0 Å². The van der Waals surface area contributed by atoms with Gasteiger partial charge in [-0.3, -0.25) is 0 Å².